The number of hydrogen-bond donors (Lipinski definition) is 1. The number of pyridine rings is 1. The number of para-hydroxylation sites is 1. The highest BCUT2D eigenvalue weighted by atomic mass is 16.5. The van der Waals surface area contributed by atoms with E-state index in [-0.39, 0.29) is 12.2 Å². The second-order valence-corrected chi connectivity index (χ2v) is 7.31. The van der Waals surface area contributed by atoms with Crippen molar-refractivity contribution >= 4 is 22.3 Å². The van der Waals surface area contributed by atoms with Crippen molar-refractivity contribution in [1.29, 1.82) is 5.26 Å². The summed E-state index contributed by atoms with van der Waals surface area (Å²) in [5.74, 6) is 0. The number of benzene rings is 2. The lowest BCUT2D eigenvalue weighted by Gasteiger charge is -2.39. The van der Waals surface area contributed by atoms with Crippen LogP contribution in [-0.2, 0) is 4.74 Å². The number of hydrogen-bond acceptors (Lipinski definition) is 5. The first-order valence-electron chi connectivity index (χ1n) is 9.63. The molecular weight excluding hydrogens is 348 g/mol. The molecule has 28 heavy (non-hydrogen) atoms. The fourth-order valence-electron chi connectivity index (χ4n) is 3.87. The Balaban J connectivity index is 1.57. The van der Waals surface area contributed by atoms with Gasteiger partial charge in [0, 0.05) is 42.6 Å². The number of fused-ring (bicyclic) bond motifs is 1. The Kier molecular flexibility index (Phi) is 5.14. The molecule has 4 rings (SSSR count). The third-order valence-electron chi connectivity index (χ3n) is 5.20. The van der Waals surface area contributed by atoms with E-state index in [1.54, 1.807) is 6.20 Å². The molecule has 5 nitrogen and oxygen atoms in total. The van der Waals surface area contributed by atoms with Crippen molar-refractivity contribution in [2.75, 3.05) is 29.9 Å². The van der Waals surface area contributed by atoms with E-state index in [1.807, 2.05) is 36.4 Å². The summed E-state index contributed by atoms with van der Waals surface area (Å²) >= 11 is 0. The van der Waals surface area contributed by atoms with Crippen molar-refractivity contribution in [2.45, 2.75) is 26.1 Å². The SMILES string of the molecule is Cc1ccccc1NC[C@H]1CN(c2ccc(C#N)c3ncccc23)C[C@@H](C)O1. The molecule has 0 amide bonds. The highest BCUT2D eigenvalue weighted by molar-refractivity contribution is 5.95. The molecule has 0 aliphatic carbocycles. The van der Waals surface area contributed by atoms with Gasteiger partial charge in [0.2, 0.25) is 0 Å². The molecule has 0 unspecified atom stereocenters. The molecule has 1 N–H and O–H groups in total. The van der Waals surface area contributed by atoms with Crippen LogP contribution in [0, 0.1) is 18.3 Å². The zero-order valence-corrected chi connectivity index (χ0v) is 16.2. The van der Waals surface area contributed by atoms with Gasteiger partial charge in [0.15, 0.2) is 0 Å². The Labute approximate surface area is 165 Å². The molecule has 2 heterocycles. The fraction of sp³-hybridized carbons (Fsp3) is 0.304. The van der Waals surface area contributed by atoms with Gasteiger partial charge in [0.25, 0.3) is 0 Å². The highest BCUT2D eigenvalue weighted by Crippen LogP contribution is 2.30. The first kappa shape index (κ1) is 18.3. The molecule has 1 aromatic heterocycles. The van der Waals surface area contributed by atoms with Gasteiger partial charge < -0.3 is 15.0 Å². The number of ether oxygens (including phenoxy) is 1. The molecule has 1 aliphatic heterocycles. The summed E-state index contributed by atoms with van der Waals surface area (Å²) in [4.78, 5) is 6.79. The molecular formula is C23H24N4O. The quantitative estimate of drug-likeness (QED) is 0.746. The van der Waals surface area contributed by atoms with Crippen LogP contribution in [0.4, 0.5) is 11.4 Å². The molecule has 0 spiro atoms. The first-order chi connectivity index (χ1) is 13.7. The Hall–Kier alpha value is -3.10. The monoisotopic (exact) mass is 372 g/mol. The van der Waals surface area contributed by atoms with E-state index >= 15 is 0 Å². The minimum Gasteiger partial charge on any atom is -0.382 e. The number of aromatic nitrogens is 1. The Morgan fingerprint density at radius 3 is 2.86 bits per heavy atom. The van der Waals surface area contributed by atoms with Crippen LogP contribution in [0.3, 0.4) is 0 Å². The van der Waals surface area contributed by atoms with Crippen LogP contribution in [0.1, 0.15) is 18.1 Å². The smallest absolute Gasteiger partial charge is 0.101 e. The van der Waals surface area contributed by atoms with Gasteiger partial charge >= 0.3 is 0 Å². The van der Waals surface area contributed by atoms with Gasteiger partial charge in [-0.1, -0.05) is 18.2 Å². The molecule has 2 atom stereocenters. The zero-order chi connectivity index (χ0) is 19.5. The van der Waals surface area contributed by atoms with Gasteiger partial charge in [-0.3, -0.25) is 4.98 Å². The number of anilines is 2. The molecule has 142 valence electrons. The van der Waals surface area contributed by atoms with Gasteiger partial charge in [-0.25, -0.2) is 0 Å². The lowest BCUT2D eigenvalue weighted by Crippen LogP contribution is -2.49. The molecule has 5 heteroatoms. The molecule has 1 fully saturated rings. The third kappa shape index (κ3) is 3.64. The van der Waals surface area contributed by atoms with E-state index in [2.05, 4.69) is 47.3 Å². The van der Waals surface area contributed by atoms with Crippen LogP contribution in [0.25, 0.3) is 10.9 Å². The van der Waals surface area contributed by atoms with Gasteiger partial charge in [-0.05, 0) is 49.7 Å². The predicted octanol–water partition coefficient (Wildman–Crippen LogP) is 4.12. The molecule has 2 aromatic carbocycles. The van der Waals surface area contributed by atoms with Crippen molar-refractivity contribution < 1.29 is 4.74 Å². The second kappa shape index (κ2) is 7.87. The highest BCUT2D eigenvalue weighted by Gasteiger charge is 2.26. The van der Waals surface area contributed by atoms with E-state index < -0.39 is 0 Å². The summed E-state index contributed by atoms with van der Waals surface area (Å²) in [5, 5.41) is 13.9. The normalized spacial score (nSPS) is 19.4. The van der Waals surface area contributed by atoms with Crippen molar-refractivity contribution in [3.8, 4) is 6.07 Å². The Morgan fingerprint density at radius 2 is 2.04 bits per heavy atom. The third-order valence-corrected chi connectivity index (χ3v) is 5.20. The lowest BCUT2D eigenvalue weighted by atomic mass is 10.1. The van der Waals surface area contributed by atoms with E-state index in [1.165, 1.54) is 5.56 Å². The summed E-state index contributed by atoms with van der Waals surface area (Å²) in [7, 11) is 0. The molecule has 0 saturated carbocycles. The van der Waals surface area contributed by atoms with Gasteiger partial charge in [0.05, 0.1) is 23.3 Å². The van der Waals surface area contributed by atoms with Crippen molar-refractivity contribution in [2.24, 2.45) is 0 Å². The summed E-state index contributed by atoms with van der Waals surface area (Å²) < 4.78 is 6.18. The van der Waals surface area contributed by atoms with E-state index in [4.69, 9.17) is 4.74 Å². The largest absolute Gasteiger partial charge is 0.382 e. The first-order valence-corrected chi connectivity index (χ1v) is 9.63. The maximum Gasteiger partial charge on any atom is 0.101 e. The number of nitrogens with zero attached hydrogens (tertiary/aromatic N) is 3. The topological polar surface area (TPSA) is 61.2 Å². The summed E-state index contributed by atoms with van der Waals surface area (Å²) in [6.45, 7) is 6.57. The van der Waals surface area contributed by atoms with Crippen LogP contribution in [0.2, 0.25) is 0 Å². The average molecular weight is 372 g/mol. The van der Waals surface area contributed by atoms with Crippen LogP contribution in [0.15, 0.2) is 54.7 Å². The summed E-state index contributed by atoms with van der Waals surface area (Å²) in [6, 6.07) is 18.4. The molecule has 1 aliphatic rings. The minimum absolute atomic E-state index is 0.0747. The standard InChI is InChI=1S/C23H24N4O/c1-16-6-3-4-8-21(16)26-13-19-15-27(14-17(2)28-19)22-10-9-18(12-24)23-20(22)7-5-11-25-23/h3-11,17,19,26H,13-15H2,1-2H3/t17-,19+/m1/s1. The lowest BCUT2D eigenvalue weighted by molar-refractivity contribution is -0.00820. The second-order valence-electron chi connectivity index (χ2n) is 7.31. The summed E-state index contributed by atoms with van der Waals surface area (Å²) in [6.07, 6.45) is 1.94. The van der Waals surface area contributed by atoms with Crippen LogP contribution >= 0.6 is 0 Å². The number of nitriles is 1. The van der Waals surface area contributed by atoms with E-state index in [0.29, 0.717) is 5.56 Å². The maximum atomic E-state index is 9.39. The van der Waals surface area contributed by atoms with Crippen LogP contribution < -0.4 is 10.2 Å². The van der Waals surface area contributed by atoms with Crippen molar-refractivity contribution in [3.05, 3.63) is 65.9 Å². The number of rotatable bonds is 4. The van der Waals surface area contributed by atoms with E-state index in [9.17, 15) is 5.26 Å². The van der Waals surface area contributed by atoms with Crippen LogP contribution in [0.5, 0.6) is 0 Å². The van der Waals surface area contributed by atoms with Gasteiger partial charge in [-0.15, -0.1) is 0 Å². The maximum absolute atomic E-state index is 9.39. The van der Waals surface area contributed by atoms with Crippen molar-refractivity contribution in [1.82, 2.24) is 4.98 Å². The van der Waals surface area contributed by atoms with E-state index in [0.717, 1.165) is 41.9 Å². The molecule has 1 saturated heterocycles. The number of nitrogens with one attached hydrogen (secondary N) is 1. The minimum atomic E-state index is 0.0747. The molecule has 0 radical (unpaired) electrons. The summed E-state index contributed by atoms with van der Waals surface area (Å²) in [5.41, 5.74) is 4.85. The van der Waals surface area contributed by atoms with Gasteiger partial charge in [-0.2, -0.15) is 5.26 Å². The fourth-order valence-corrected chi connectivity index (χ4v) is 3.87. The van der Waals surface area contributed by atoms with Gasteiger partial charge in [0.1, 0.15) is 6.07 Å². The number of aryl methyl sites for hydroxylation is 1. The predicted molar refractivity (Wildman–Crippen MR) is 113 cm³/mol. The van der Waals surface area contributed by atoms with Crippen LogP contribution in [-0.4, -0.2) is 36.8 Å². The Morgan fingerprint density at radius 1 is 1.18 bits per heavy atom. The number of morpholine rings is 1. The Bertz CT molecular complexity index is 1030. The molecule has 0 bridgehead atoms. The zero-order valence-electron chi connectivity index (χ0n) is 16.2. The molecule has 3 aromatic rings. The van der Waals surface area contributed by atoms with Crippen molar-refractivity contribution in [3.63, 3.8) is 0 Å². The average Bonchev–Trinajstić information content (AvgIpc) is 2.72.